The molecule has 4 heteroatoms. The van der Waals surface area contributed by atoms with Crippen molar-refractivity contribution in [3.05, 3.63) is 35.9 Å². The van der Waals surface area contributed by atoms with E-state index in [0.717, 1.165) is 38.6 Å². The van der Waals surface area contributed by atoms with Crippen LogP contribution in [0.3, 0.4) is 0 Å². The standard InChI is InChI=1S/C19H31N3O/c1-16(17-9-6-5-7-10-17)23-14-8-12-21-18(20-4)22-13-11-19(2,3)15-22/h5-7,9-10,16H,8,11-15H2,1-4H3,(H,20,21). The highest BCUT2D eigenvalue weighted by Gasteiger charge is 2.30. The van der Waals surface area contributed by atoms with Crippen LogP contribution in [0.4, 0.5) is 0 Å². The first-order chi connectivity index (χ1) is 11.0. The molecule has 23 heavy (non-hydrogen) atoms. The van der Waals surface area contributed by atoms with Gasteiger partial charge in [-0.25, -0.2) is 0 Å². The third-order valence-corrected chi connectivity index (χ3v) is 4.43. The molecule has 128 valence electrons. The second-order valence-corrected chi connectivity index (χ2v) is 7.09. The van der Waals surface area contributed by atoms with Gasteiger partial charge in [0.2, 0.25) is 0 Å². The molecule has 0 aromatic heterocycles. The van der Waals surface area contributed by atoms with E-state index in [1.165, 1.54) is 12.0 Å². The summed E-state index contributed by atoms with van der Waals surface area (Å²) in [4.78, 5) is 6.76. The molecule has 0 bridgehead atoms. The molecule has 0 saturated carbocycles. The average Bonchev–Trinajstić information content (AvgIpc) is 2.91. The summed E-state index contributed by atoms with van der Waals surface area (Å²) in [5.74, 6) is 1.02. The summed E-state index contributed by atoms with van der Waals surface area (Å²) in [6.07, 6.45) is 2.36. The fourth-order valence-electron chi connectivity index (χ4n) is 2.98. The largest absolute Gasteiger partial charge is 0.374 e. The molecule has 1 atom stereocenters. The van der Waals surface area contributed by atoms with Crippen LogP contribution in [0.2, 0.25) is 0 Å². The summed E-state index contributed by atoms with van der Waals surface area (Å²) < 4.78 is 5.91. The van der Waals surface area contributed by atoms with Gasteiger partial charge in [-0.15, -0.1) is 0 Å². The smallest absolute Gasteiger partial charge is 0.193 e. The van der Waals surface area contributed by atoms with E-state index in [2.05, 4.69) is 60.2 Å². The second-order valence-electron chi connectivity index (χ2n) is 7.09. The predicted octanol–water partition coefficient (Wildman–Crippen LogP) is 3.46. The Morgan fingerprint density at radius 3 is 2.70 bits per heavy atom. The van der Waals surface area contributed by atoms with Gasteiger partial charge in [0.25, 0.3) is 0 Å². The highest BCUT2D eigenvalue weighted by atomic mass is 16.5. The number of likely N-dealkylation sites (tertiary alicyclic amines) is 1. The van der Waals surface area contributed by atoms with Gasteiger partial charge in [-0.3, -0.25) is 4.99 Å². The van der Waals surface area contributed by atoms with E-state index in [-0.39, 0.29) is 6.10 Å². The van der Waals surface area contributed by atoms with Crippen LogP contribution in [0, 0.1) is 5.41 Å². The molecule has 0 spiro atoms. The molecule has 2 rings (SSSR count). The summed E-state index contributed by atoms with van der Waals surface area (Å²) in [5, 5.41) is 3.46. The molecule has 1 aromatic rings. The molecule has 1 aromatic carbocycles. The predicted molar refractivity (Wildman–Crippen MR) is 96.8 cm³/mol. The number of hydrogen-bond donors (Lipinski definition) is 1. The van der Waals surface area contributed by atoms with Crippen LogP contribution in [0.25, 0.3) is 0 Å². The highest BCUT2D eigenvalue weighted by molar-refractivity contribution is 5.80. The maximum absolute atomic E-state index is 5.91. The van der Waals surface area contributed by atoms with Crippen molar-refractivity contribution in [2.75, 3.05) is 33.3 Å². The number of rotatable bonds is 6. The molecule has 4 nitrogen and oxygen atoms in total. The summed E-state index contributed by atoms with van der Waals surface area (Å²) in [6, 6.07) is 10.4. The molecule has 1 heterocycles. The van der Waals surface area contributed by atoms with Gasteiger partial charge in [0.15, 0.2) is 5.96 Å². The molecule has 1 aliphatic rings. The van der Waals surface area contributed by atoms with Gasteiger partial charge in [-0.2, -0.15) is 0 Å². The minimum Gasteiger partial charge on any atom is -0.374 e. The molecule has 1 aliphatic heterocycles. The maximum Gasteiger partial charge on any atom is 0.193 e. The molecule has 0 amide bonds. The summed E-state index contributed by atoms with van der Waals surface area (Å²) in [6.45, 7) is 10.6. The maximum atomic E-state index is 5.91. The number of ether oxygens (including phenoxy) is 1. The Bertz CT molecular complexity index is 499. The molecule has 0 radical (unpaired) electrons. The van der Waals surface area contributed by atoms with E-state index in [9.17, 15) is 0 Å². The molecule has 1 unspecified atom stereocenters. The Kier molecular flexibility index (Phi) is 6.46. The molecular weight excluding hydrogens is 286 g/mol. The van der Waals surface area contributed by atoms with Crippen LogP contribution in [0.5, 0.6) is 0 Å². The van der Waals surface area contributed by atoms with E-state index in [0.29, 0.717) is 5.41 Å². The molecule has 1 N–H and O–H groups in total. The van der Waals surface area contributed by atoms with Gasteiger partial charge in [-0.05, 0) is 30.7 Å². The lowest BCUT2D eigenvalue weighted by molar-refractivity contribution is 0.0645. The number of nitrogens with one attached hydrogen (secondary N) is 1. The average molecular weight is 317 g/mol. The quantitative estimate of drug-likeness (QED) is 0.496. The topological polar surface area (TPSA) is 36.9 Å². The third-order valence-electron chi connectivity index (χ3n) is 4.43. The number of benzene rings is 1. The number of guanidine groups is 1. The normalized spacial score (nSPS) is 19.0. The van der Waals surface area contributed by atoms with Gasteiger partial charge in [-0.1, -0.05) is 44.2 Å². The zero-order valence-electron chi connectivity index (χ0n) is 15.0. The lowest BCUT2D eigenvalue weighted by Gasteiger charge is -2.23. The molecule has 1 fully saturated rings. The number of hydrogen-bond acceptors (Lipinski definition) is 2. The van der Waals surface area contributed by atoms with Crippen molar-refractivity contribution in [2.45, 2.75) is 39.7 Å². The third kappa shape index (κ3) is 5.54. The Morgan fingerprint density at radius 2 is 2.09 bits per heavy atom. The number of aliphatic imine (C=N–C) groups is 1. The van der Waals surface area contributed by atoms with Crippen LogP contribution < -0.4 is 5.32 Å². The Balaban J connectivity index is 1.65. The van der Waals surface area contributed by atoms with Gasteiger partial charge < -0.3 is 15.0 Å². The lowest BCUT2D eigenvalue weighted by atomic mass is 9.93. The fraction of sp³-hybridized carbons (Fsp3) is 0.632. The highest BCUT2D eigenvalue weighted by Crippen LogP contribution is 2.28. The van der Waals surface area contributed by atoms with E-state index >= 15 is 0 Å². The summed E-state index contributed by atoms with van der Waals surface area (Å²) >= 11 is 0. The van der Waals surface area contributed by atoms with E-state index in [4.69, 9.17) is 4.74 Å². The minimum atomic E-state index is 0.148. The number of nitrogens with zero attached hydrogens (tertiary/aromatic N) is 2. The van der Waals surface area contributed by atoms with Crippen LogP contribution in [-0.4, -0.2) is 44.1 Å². The second kappa shape index (κ2) is 8.34. The van der Waals surface area contributed by atoms with Crippen LogP contribution in [-0.2, 0) is 4.74 Å². The molecule has 1 saturated heterocycles. The van der Waals surface area contributed by atoms with Crippen molar-refractivity contribution in [2.24, 2.45) is 10.4 Å². The lowest BCUT2D eigenvalue weighted by Crippen LogP contribution is -2.41. The van der Waals surface area contributed by atoms with Crippen molar-refractivity contribution in [3.8, 4) is 0 Å². The van der Waals surface area contributed by atoms with Crippen molar-refractivity contribution < 1.29 is 4.74 Å². The minimum absolute atomic E-state index is 0.148. The Hall–Kier alpha value is -1.55. The molecule has 0 aliphatic carbocycles. The van der Waals surface area contributed by atoms with Gasteiger partial charge in [0.05, 0.1) is 6.10 Å². The summed E-state index contributed by atoms with van der Waals surface area (Å²) in [5.41, 5.74) is 1.63. The van der Waals surface area contributed by atoms with Crippen molar-refractivity contribution in [1.29, 1.82) is 0 Å². The fourth-order valence-corrected chi connectivity index (χ4v) is 2.98. The Morgan fingerprint density at radius 1 is 1.35 bits per heavy atom. The zero-order chi connectivity index (χ0) is 16.7. The van der Waals surface area contributed by atoms with Gasteiger partial charge in [0.1, 0.15) is 0 Å². The van der Waals surface area contributed by atoms with Crippen LogP contribution >= 0.6 is 0 Å². The first-order valence-electron chi connectivity index (χ1n) is 8.64. The van der Waals surface area contributed by atoms with E-state index in [1.807, 2.05) is 13.1 Å². The first-order valence-corrected chi connectivity index (χ1v) is 8.64. The first kappa shape index (κ1) is 17.8. The monoisotopic (exact) mass is 317 g/mol. The Labute approximate surface area is 140 Å². The summed E-state index contributed by atoms with van der Waals surface area (Å²) in [7, 11) is 1.86. The van der Waals surface area contributed by atoms with Crippen molar-refractivity contribution in [3.63, 3.8) is 0 Å². The van der Waals surface area contributed by atoms with Crippen LogP contribution in [0.15, 0.2) is 35.3 Å². The van der Waals surface area contributed by atoms with E-state index in [1.54, 1.807) is 0 Å². The zero-order valence-corrected chi connectivity index (χ0v) is 15.0. The van der Waals surface area contributed by atoms with E-state index < -0.39 is 0 Å². The van der Waals surface area contributed by atoms with Gasteiger partial charge >= 0.3 is 0 Å². The van der Waals surface area contributed by atoms with Crippen molar-refractivity contribution >= 4 is 5.96 Å². The van der Waals surface area contributed by atoms with Crippen molar-refractivity contribution in [1.82, 2.24) is 10.2 Å². The van der Waals surface area contributed by atoms with Gasteiger partial charge in [0, 0.05) is 33.3 Å². The SMILES string of the molecule is CN=C(NCCCOC(C)c1ccccc1)N1CCC(C)(C)C1. The van der Waals surface area contributed by atoms with Crippen LogP contribution in [0.1, 0.15) is 45.3 Å². The molecular formula is C19H31N3O.